The summed E-state index contributed by atoms with van der Waals surface area (Å²) < 4.78 is 0. The van der Waals surface area contributed by atoms with E-state index in [4.69, 9.17) is 5.73 Å². The highest BCUT2D eigenvalue weighted by atomic mass is 15.3. The Morgan fingerprint density at radius 3 is 2.37 bits per heavy atom. The SMILES string of the molecule is CC[C@H](N)c1ccc(N2CCN(C(C)C)CC2)cn1. The van der Waals surface area contributed by atoms with Gasteiger partial charge in [-0.1, -0.05) is 6.92 Å². The highest BCUT2D eigenvalue weighted by Gasteiger charge is 2.19. The van der Waals surface area contributed by atoms with Crippen molar-refractivity contribution in [1.82, 2.24) is 9.88 Å². The molecule has 1 aliphatic heterocycles. The van der Waals surface area contributed by atoms with Crippen LogP contribution in [0.5, 0.6) is 0 Å². The van der Waals surface area contributed by atoms with Crippen LogP contribution >= 0.6 is 0 Å². The summed E-state index contributed by atoms with van der Waals surface area (Å²) in [4.78, 5) is 9.43. The van der Waals surface area contributed by atoms with E-state index >= 15 is 0 Å². The Morgan fingerprint density at radius 2 is 1.89 bits per heavy atom. The lowest BCUT2D eigenvalue weighted by Crippen LogP contribution is -2.48. The number of piperazine rings is 1. The first-order valence-electron chi connectivity index (χ1n) is 7.32. The lowest BCUT2D eigenvalue weighted by atomic mass is 10.1. The fourth-order valence-electron chi connectivity index (χ4n) is 2.51. The zero-order valence-electron chi connectivity index (χ0n) is 12.3. The molecule has 0 aromatic carbocycles. The van der Waals surface area contributed by atoms with Crippen LogP contribution in [-0.4, -0.2) is 42.1 Å². The van der Waals surface area contributed by atoms with Gasteiger partial charge in [-0.25, -0.2) is 0 Å². The van der Waals surface area contributed by atoms with Crippen molar-refractivity contribution in [3.8, 4) is 0 Å². The summed E-state index contributed by atoms with van der Waals surface area (Å²) in [7, 11) is 0. The van der Waals surface area contributed by atoms with Crippen LogP contribution in [-0.2, 0) is 0 Å². The molecule has 0 bridgehead atoms. The normalized spacial score (nSPS) is 18.9. The molecular formula is C15H26N4. The molecule has 0 aliphatic carbocycles. The minimum Gasteiger partial charge on any atom is -0.368 e. The van der Waals surface area contributed by atoms with Gasteiger partial charge in [-0.2, -0.15) is 0 Å². The second-order valence-electron chi connectivity index (χ2n) is 5.57. The van der Waals surface area contributed by atoms with E-state index in [0.717, 1.165) is 38.3 Å². The van der Waals surface area contributed by atoms with Crippen molar-refractivity contribution >= 4 is 5.69 Å². The van der Waals surface area contributed by atoms with Crippen molar-refractivity contribution in [1.29, 1.82) is 0 Å². The second-order valence-corrected chi connectivity index (χ2v) is 5.57. The zero-order valence-corrected chi connectivity index (χ0v) is 12.3. The summed E-state index contributed by atoms with van der Waals surface area (Å²) in [5.74, 6) is 0. The summed E-state index contributed by atoms with van der Waals surface area (Å²) in [5.41, 5.74) is 8.20. The number of hydrogen-bond donors (Lipinski definition) is 1. The van der Waals surface area contributed by atoms with Gasteiger partial charge >= 0.3 is 0 Å². The molecule has 1 aromatic heterocycles. The first kappa shape index (κ1) is 14.3. The predicted molar refractivity (Wildman–Crippen MR) is 80.4 cm³/mol. The molecule has 4 nitrogen and oxygen atoms in total. The maximum atomic E-state index is 5.99. The molecule has 1 aromatic rings. The molecule has 0 unspecified atom stereocenters. The number of rotatable bonds is 4. The number of pyridine rings is 1. The average Bonchev–Trinajstić information content (AvgIpc) is 2.46. The van der Waals surface area contributed by atoms with Crippen molar-refractivity contribution < 1.29 is 0 Å². The molecule has 1 atom stereocenters. The van der Waals surface area contributed by atoms with Crippen molar-refractivity contribution in [2.24, 2.45) is 5.73 Å². The van der Waals surface area contributed by atoms with E-state index in [1.807, 2.05) is 6.20 Å². The smallest absolute Gasteiger partial charge is 0.0572 e. The largest absolute Gasteiger partial charge is 0.368 e. The van der Waals surface area contributed by atoms with Gasteiger partial charge in [0, 0.05) is 38.3 Å². The van der Waals surface area contributed by atoms with Crippen LogP contribution < -0.4 is 10.6 Å². The highest BCUT2D eigenvalue weighted by molar-refractivity contribution is 5.45. The Kier molecular flexibility index (Phi) is 4.77. The van der Waals surface area contributed by atoms with Gasteiger partial charge in [0.2, 0.25) is 0 Å². The van der Waals surface area contributed by atoms with Gasteiger partial charge in [-0.05, 0) is 32.4 Å². The van der Waals surface area contributed by atoms with E-state index in [0.29, 0.717) is 6.04 Å². The standard InChI is InChI=1S/C15H26N4/c1-4-14(16)15-6-5-13(11-17-15)19-9-7-18(8-10-19)12(2)3/h5-6,11-12,14H,4,7-10,16H2,1-3H3/t14-/m0/s1. The molecule has 1 fully saturated rings. The van der Waals surface area contributed by atoms with E-state index in [2.05, 4.69) is 47.7 Å². The number of nitrogens with two attached hydrogens (primary N) is 1. The Bertz CT molecular complexity index is 380. The van der Waals surface area contributed by atoms with Crippen LogP contribution in [0.25, 0.3) is 0 Å². The molecule has 1 aliphatic rings. The van der Waals surface area contributed by atoms with Crippen molar-refractivity contribution in [3.63, 3.8) is 0 Å². The number of aromatic nitrogens is 1. The minimum atomic E-state index is 0.0619. The van der Waals surface area contributed by atoms with Crippen LogP contribution in [0.1, 0.15) is 38.9 Å². The van der Waals surface area contributed by atoms with E-state index in [1.54, 1.807) is 0 Å². The molecule has 0 radical (unpaired) electrons. The lowest BCUT2D eigenvalue weighted by molar-refractivity contribution is 0.209. The molecule has 2 N–H and O–H groups in total. The van der Waals surface area contributed by atoms with E-state index in [-0.39, 0.29) is 6.04 Å². The number of anilines is 1. The van der Waals surface area contributed by atoms with Gasteiger partial charge in [0.05, 0.1) is 17.6 Å². The molecule has 19 heavy (non-hydrogen) atoms. The van der Waals surface area contributed by atoms with E-state index in [9.17, 15) is 0 Å². The first-order valence-corrected chi connectivity index (χ1v) is 7.32. The van der Waals surface area contributed by atoms with Gasteiger partial charge in [0.1, 0.15) is 0 Å². The van der Waals surface area contributed by atoms with E-state index in [1.165, 1.54) is 5.69 Å². The van der Waals surface area contributed by atoms with Gasteiger partial charge in [-0.3, -0.25) is 9.88 Å². The molecule has 2 heterocycles. The molecule has 0 spiro atoms. The summed E-state index contributed by atoms with van der Waals surface area (Å²) >= 11 is 0. The van der Waals surface area contributed by atoms with Crippen molar-refractivity contribution in [2.45, 2.75) is 39.3 Å². The Hall–Kier alpha value is -1.13. The van der Waals surface area contributed by atoms with Gasteiger partial charge in [0.25, 0.3) is 0 Å². The Balaban J connectivity index is 1.96. The maximum Gasteiger partial charge on any atom is 0.0572 e. The minimum absolute atomic E-state index is 0.0619. The first-order chi connectivity index (χ1) is 9.11. The molecule has 4 heteroatoms. The van der Waals surface area contributed by atoms with Crippen LogP contribution in [0.3, 0.4) is 0 Å². The zero-order chi connectivity index (χ0) is 13.8. The number of nitrogens with zero attached hydrogens (tertiary/aromatic N) is 3. The topological polar surface area (TPSA) is 45.4 Å². The van der Waals surface area contributed by atoms with Gasteiger partial charge < -0.3 is 10.6 Å². The van der Waals surface area contributed by atoms with Crippen LogP contribution in [0.15, 0.2) is 18.3 Å². The molecule has 0 saturated carbocycles. The third kappa shape index (κ3) is 3.45. The van der Waals surface area contributed by atoms with Gasteiger partial charge in [0.15, 0.2) is 0 Å². The fourth-order valence-corrected chi connectivity index (χ4v) is 2.51. The van der Waals surface area contributed by atoms with Crippen LogP contribution in [0.2, 0.25) is 0 Å². The van der Waals surface area contributed by atoms with Crippen LogP contribution in [0, 0.1) is 0 Å². The highest BCUT2D eigenvalue weighted by Crippen LogP contribution is 2.19. The van der Waals surface area contributed by atoms with E-state index < -0.39 is 0 Å². The summed E-state index contributed by atoms with van der Waals surface area (Å²) in [6.07, 6.45) is 2.90. The monoisotopic (exact) mass is 262 g/mol. The Morgan fingerprint density at radius 1 is 1.21 bits per heavy atom. The van der Waals surface area contributed by atoms with Crippen molar-refractivity contribution in [3.05, 3.63) is 24.0 Å². The fraction of sp³-hybridized carbons (Fsp3) is 0.667. The lowest BCUT2D eigenvalue weighted by Gasteiger charge is -2.38. The number of hydrogen-bond acceptors (Lipinski definition) is 4. The maximum absolute atomic E-state index is 5.99. The second kappa shape index (κ2) is 6.35. The molecular weight excluding hydrogens is 236 g/mol. The third-order valence-corrected chi connectivity index (χ3v) is 4.00. The molecule has 106 valence electrons. The van der Waals surface area contributed by atoms with Crippen molar-refractivity contribution in [2.75, 3.05) is 31.1 Å². The van der Waals surface area contributed by atoms with Gasteiger partial charge in [-0.15, -0.1) is 0 Å². The molecule has 1 saturated heterocycles. The average molecular weight is 262 g/mol. The predicted octanol–water partition coefficient (Wildman–Crippen LogP) is 2.02. The summed E-state index contributed by atoms with van der Waals surface area (Å²) in [6, 6.07) is 4.93. The third-order valence-electron chi connectivity index (χ3n) is 4.00. The summed E-state index contributed by atoms with van der Waals surface area (Å²) in [6.45, 7) is 11.0. The summed E-state index contributed by atoms with van der Waals surface area (Å²) in [5, 5.41) is 0. The molecule has 2 rings (SSSR count). The quantitative estimate of drug-likeness (QED) is 0.902. The molecule has 0 amide bonds. The van der Waals surface area contributed by atoms with Crippen LogP contribution in [0.4, 0.5) is 5.69 Å². The Labute approximate surface area is 116 Å².